The van der Waals surface area contributed by atoms with Gasteiger partial charge >= 0.3 is 6.03 Å². The number of benzene rings is 2. The molecule has 1 heterocycles. The highest BCUT2D eigenvalue weighted by Crippen LogP contribution is 2.33. The standard InChI is InChI=1S/C21H25BrN6O/c1-26(2)17-8-6-15(7-9-17)24-21(29)25-16-10-14(11-18(12-16)27(3)4)20-19(22)13-23-28(20)5/h6-13H,1-5H3,(H2,24,25,29). The van der Waals surface area contributed by atoms with Gasteiger partial charge in [-0.3, -0.25) is 4.68 Å². The molecular formula is C21H25BrN6O. The summed E-state index contributed by atoms with van der Waals surface area (Å²) >= 11 is 3.55. The van der Waals surface area contributed by atoms with Gasteiger partial charge in [-0.15, -0.1) is 0 Å². The number of carbonyl (C=O) groups excluding carboxylic acids is 1. The van der Waals surface area contributed by atoms with Gasteiger partial charge in [0.25, 0.3) is 0 Å². The molecule has 0 bridgehead atoms. The molecule has 3 rings (SSSR count). The molecule has 2 N–H and O–H groups in total. The highest BCUT2D eigenvalue weighted by Gasteiger charge is 2.13. The number of aromatic nitrogens is 2. The quantitative estimate of drug-likeness (QED) is 0.587. The van der Waals surface area contributed by atoms with Gasteiger partial charge in [-0.25, -0.2) is 4.79 Å². The first kappa shape index (κ1) is 20.7. The van der Waals surface area contributed by atoms with Crippen molar-refractivity contribution in [3.05, 3.63) is 53.1 Å². The zero-order chi connectivity index (χ0) is 21.1. The molecule has 2 aromatic carbocycles. The number of urea groups is 1. The lowest BCUT2D eigenvalue weighted by Crippen LogP contribution is -2.20. The first-order valence-electron chi connectivity index (χ1n) is 9.10. The highest BCUT2D eigenvalue weighted by atomic mass is 79.9. The van der Waals surface area contributed by atoms with Crippen molar-refractivity contribution in [2.75, 3.05) is 48.6 Å². The fourth-order valence-electron chi connectivity index (χ4n) is 2.95. The van der Waals surface area contributed by atoms with Crippen LogP contribution in [0.5, 0.6) is 0 Å². The number of nitrogens with zero attached hydrogens (tertiary/aromatic N) is 4. The molecule has 29 heavy (non-hydrogen) atoms. The molecule has 7 nitrogen and oxygen atoms in total. The van der Waals surface area contributed by atoms with Gasteiger partial charge in [-0.05, 0) is 58.4 Å². The first-order valence-corrected chi connectivity index (χ1v) is 9.89. The lowest BCUT2D eigenvalue weighted by molar-refractivity contribution is 0.262. The van der Waals surface area contributed by atoms with Crippen molar-refractivity contribution < 1.29 is 4.79 Å². The average molecular weight is 457 g/mol. The van der Waals surface area contributed by atoms with E-state index in [-0.39, 0.29) is 6.03 Å². The van der Waals surface area contributed by atoms with Crippen LogP contribution < -0.4 is 20.4 Å². The molecule has 0 aliphatic rings. The monoisotopic (exact) mass is 456 g/mol. The van der Waals surface area contributed by atoms with E-state index >= 15 is 0 Å². The van der Waals surface area contributed by atoms with E-state index in [0.29, 0.717) is 5.69 Å². The van der Waals surface area contributed by atoms with Crippen molar-refractivity contribution in [3.63, 3.8) is 0 Å². The van der Waals surface area contributed by atoms with Crippen LogP contribution in [0.2, 0.25) is 0 Å². The number of hydrogen-bond acceptors (Lipinski definition) is 4. The number of rotatable bonds is 5. The molecule has 0 saturated carbocycles. The summed E-state index contributed by atoms with van der Waals surface area (Å²) < 4.78 is 2.70. The Labute approximate surface area is 179 Å². The number of halogens is 1. The van der Waals surface area contributed by atoms with Crippen LogP contribution in [0.25, 0.3) is 11.3 Å². The Morgan fingerprint density at radius 2 is 1.55 bits per heavy atom. The summed E-state index contributed by atoms with van der Waals surface area (Å²) in [5, 5.41) is 10.1. The second-order valence-corrected chi connectivity index (χ2v) is 8.00. The van der Waals surface area contributed by atoms with Crippen LogP contribution in [0, 0.1) is 0 Å². The smallest absolute Gasteiger partial charge is 0.323 e. The van der Waals surface area contributed by atoms with Crippen LogP contribution in [0.1, 0.15) is 0 Å². The molecule has 1 aromatic heterocycles. The Morgan fingerprint density at radius 3 is 2.10 bits per heavy atom. The Kier molecular flexibility index (Phi) is 6.12. The van der Waals surface area contributed by atoms with Crippen LogP contribution in [-0.4, -0.2) is 44.0 Å². The Bertz CT molecular complexity index is 991. The van der Waals surface area contributed by atoms with E-state index in [1.807, 2.05) is 81.4 Å². The molecule has 152 valence electrons. The van der Waals surface area contributed by atoms with E-state index in [9.17, 15) is 4.79 Å². The van der Waals surface area contributed by atoms with Crippen molar-refractivity contribution in [2.45, 2.75) is 0 Å². The maximum Gasteiger partial charge on any atom is 0.323 e. The first-order chi connectivity index (χ1) is 13.7. The zero-order valence-corrected chi connectivity index (χ0v) is 18.8. The molecule has 0 fully saturated rings. The van der Waals surface area contributed by atoms with Crippen LogP contribution in [0.3, 0.4) is 0 Å². The van der Waals surface area contributed by atoms with Gasteiger partial charge in [-0.2, -0.15) is 5.10 Å². The van der Waals surface area contributed by atoms with Crippen molar-refractivity contribution in [1.82, 2.24) is 9.78 Å². The van der Waals surface area contributed by atoms with Gasteiger partial charge in [0, 0.05) is 63.6 Å². The summed E-state index contributed by atoms with van der Waals surface area (Å²) in [6.07, 6.45) is 1.76. The van der Waals surface area contributed by atoms with Crippen molar-refractivity contribution >= 4 is 44.7 Å². The lowest BCUT2D eigenvalue weighted by Gasteiger charge is -2.17. The molecule has 3 aromatic rings. The van der Waals surface area contributed by atoms with E-state index in [0.717, 1.165) is 32.8 Å². The van der Waals surface area contributed by atoms with Crippen molar-refractivity contribution in [3.8, 4) is 11.3 Å². The number of hydrogen-bond donors (Lipinski definition) is 2. The number of amides is 2. The second kappa shape index (κ2) is 8.57. The van der Waals surface area contributed by atoms with E-state index in [1.165, 1.54) is 0 Å². The summed E-state index contributed by atoms with van der Waals surface area (Å²) in [4.78, 5) is 16.5. The molecule has 8 heteroatoms. The number of carbonyl (C=O) groups is 1. The largest absolute Gasteiger partial charge is 0.378 e. The Morgan fingerprint density at radius 1 is 0.931 bits per heavy atom. The fourth-order valence-corrected chi connectivity index (χ4v) is 3.53. The van der Waals surface area contributed by atoms with Gasteiger partial charge in [0.05, 0.1) is 16.4 Å². The third-order valence-corrected chi connectivity index (χ3v) is 5.08. The highest BCUT2D eigenvalue weighted by molar-refractivity contribution is 9.10. The number of aryl methyl sites for hydroxylation is 1. The normalized spacial score (nSPS) is 10.6. The molecule has 0 spiro atoms. The average Bonchev–Trinajstić information content (AvgIpc) is 3.00. The SMILES string of the molecule is CN(C)c1ccc(NC(=O)Nc2cc(-c3c(Br)cnn3C)cc(N(C)C)c2)cc1. The van der Waals surface area contributed by atoms with Crippen LogP contribution in [0.4, 0.5) is 27.5 Å². The predicted molar refractivity (Wildman–Crippen MR) is 124 cm³/mol. The maximum absolute atomic E-state index is 12.5. The summed E-state index contributed by atoms with van der Waals surface area (Å²) in [6, 6.07) is 13.3. The molecule has 0 radical (unpaired) electrons. The van der Waals surface area contributed by atoms with Gasteiger partial charge < -0.3 is 20.4 Å². The van der Waals surface area contributed by atoms with Gasteiger partial charge in [0.1, 0.15) is 0 Å². The molecule has 2 amide bonds. The summed E-state index contributed by atoms with van der Waals surface area (Å²) in [6.45, 7) is 0. The Balaban J connectivity index is 1.83. The summed E-state index contributed by atoms with van der Waals surface area (Å²) in [5.74, 6) is 0. The van der Waals surface area contributed by atoms with Gasteiger partial charge in [0.2, 0.25) is 0 Å². The van der Waals surface area contributed by atoms with E-state index in [4.69, 9.17) is 0 Å². The molecule has 0 saturated heterocycles. The maximum atomic E-state index is 12.5. The van der Waals surface area contributed by atoms with E-state index in [1.54, 1.807) is 10.9 Å². The minimum absolute atomic E-state index is 0.298. The molecule has 0 aliphatic heterocycles. The Hall–Kier alpha value is -3.00. The van der Waals surface area contributed by atoms with Crippen molar-refractivity contribution in [2.24, 2.45) is 7.05 Å². The predicted octanol–water partition coefficient (Wildman–Crippen LogP) is 4.63. The molecule has 0 unspecified atom stereocenters. The topological polar surface area (TPSA) is 65.4 Å². The van der Waals surface area contributed by atoms with Crippen LogP contribution >= 0.6 is 15.9 Å². The minimum atomic E-state index is -0.298. The van der Waals surface area contributed by atoms with Gasteiger partial charge in [0.15, 0.2) is 0 Å². The van der Waals surface area contributed by atoms with Crippen LogP contribution in [0.15, 0.2) is 53.1 Å². The molecule has 0 aliphatic carbocycles. The summed E-state index contributed by atoms with van der Waals surface area (Å²) in [7, 11) is 9.77. The van der Waals surface area contributed by atoms with E-state index in [2.05, 4.69) is 37.7 Å². The molecular weight excluding hydrogens is 432 g/mol. The van der Waals surface area contributed by atoms with Crippen LogP contribution in [-0.2, 0) is 7.05 Å². The second-order valence-electron chi connectivity index (χ2n) is 7.15. The van der Waals surface area contributed by atoms with Gasteiger partial charge in [-0.1, -0.05) is 0 Å². The minimum Gasteiger partial charge on any atom is -0.378 e. The van der Waals surface area contributed by atoms with Crippen molar-refractivity contribution in [1.29, 1.82) is 0 Å². The molecule has 0 atom stereocenters. The number of nitrogens with one attached hydrogen (secondary N) is 2. The van der Waals surface area contributed by atoms with E-state index < -0.39 is 0 Å². The lowest BCUT2D eigenvalue weighted by atomic mass is 10.1. The fraction of sp³-hybridized carbons (Fsp3) is 0.238. The zero-order valence-electron chi connectivity index (χ0n) is 17.2. The number of anilines is 4. The third kappa shape index (κ3) is 4.89. The summed E-state index contributed by atoms with van der Waals surface area (Å²) in [5.41, 5.74) is 5.36. The third-order valence-electron chi connectivity index (χ3n) is 4.50.